The van der Waals surface area contributed by atoms with Crippen molar-refractivity contribution in [2.45, 2.75) is 34.4 Å². The molecule has 0 fully saturated rings. The Morgan fingerprint density at radius 2 is 1.62 bits per heavy atom. The molecule has 0 aliphatic heterocycles. The molecule has 0 aliphatic carbocycles. The smallest absolute Gasteiger partial charge is 0.412 e. The molecule has 3 aromatic rings. The summed E-state index contributed by atoms with van der Waals surface area (Å²) >= 11 is 16.6. The number of alkyl halides is 3. The molecule has 14 heteroatoms. The van der Waals surface area contributed by atoms with Gasteiger partial charge in [0.25, 0.3) is 0 Å². The number of amides is 2. The summed E-state index contributed by atoms with van der Waals surface area (Å²) in [5.74, 6) is 0.166. The van der Waals surface area contributed by atoms with Crippen LogP contribution in [0, 0.1) is 5.41 Å². The van der Waals surface area contributed by atoms with Crippen LogP contribution in [-0.2, 0) is 21.2 Å². The number of amidine groups is 1. The van der Waals surface area contributed by atoms with Crippen LogP contribution in [0.3, 0.4) is 0 Å². The van der Waals surface area contributed by atoms with Gasteiger partial charge in [-0.15, -0.1) is 0 Å². The number of benzene rings is 3. The number of nitrogens with two attached hydrogens (primary N) is 1. The zero-order valence-electron chi connectivity index (χ0n) is 22.2. The van der Waals surface area contributed by atoms with Crippen molar-refractivity contribution in [3.8, 4) is 16.9 Å². The first-order chi connectivity index (χ1) is 19.8. The van der Waals surface area contributed by atoms with Crippen LogP contribution in [-0.4, -0.2) is 43.4 Å². The fourth-order valence-corrected chi connectivity index (χ4v) is 4.78. The third-order valence-corrected chi connectivity index (χ3v) is 7.09. The Morgan fingerprint density at radius 3 is 2.31 bits per heavy atom. The fraction of sp³-hybridized carbons (Fsp3) is 0.250. The van der Waals surface area contributed by atoms with E-state index in [2.05, 4.69) is 10.6 Å². The van der Waals surface area contributed by atoms with Crippen molar-refractivity contribution >= 4 is 62.8 Å². The topological polar surface area (TPSA) is 161 Å². The van der Waals surface area contributed by atoms with E-state index in [4.69, 9.17) is 54.8 Å². The molecule has 3 rings (SSSR count). The Kier molecular flexibility index (Phi) is 12.0. The van der Waals surface area contributed by atoms with E-state index in [-0.39, 0.29) is 10.7 Å². The first-order valence-corrected chi connectivity index (χ1v) is 15.4. The Balaban J connectivity index is 1.37. The number of ether oxygens (including phenoxy) is 2. The molecule has 3 aromatic carbocycles. The molecule has 42 heavy (non-hydrogen) atoms. The highest BCUT2D eigenvalue weighted by atomic mass is 35.6. The highest BCUT2D eigenvalue weighted by Crippen LogP contribution is 2.28. The molecule has 5 N–H and O–H groups in total. The van der Waals surface area contributed by atoms with Gasteiger partial charge in [0.15, 0.2) is 0 Å². The van der Waals surface area contributed by atoms with Crippen molar-refractivity contribution in [2.75, 3.05) is 13.2 Å². The zero-order valence-corrected chi connectivity index (χ0v) is 25.3. The number of unbranched alkanes of at least 4 members (excludes halogenated alkanes) is 2. The molecule has 0 saturated heterocycles. The predicted octanol–water partition coefficient (Wildman–Crippen LogP) is 5.92. The van der Waals surface area contributed by atoms with Crippen LogP contribution < -0.4 is 20.5 Å². The Labute approximate surface area is 259 Å². The maximum atomic E-state index is 12.2. The number of sulfonamides is 1. The van der Waals surface area contributed by atoms with Gasteiger partial charge in [-0.3, -0.25) is 10.7 Å². The number of alkyl carbamates (subject to hydrolysis) is 1. The molecule has 2 amide bonds. The summed E-state index contributed by atoms with van der Waals surface area (Å²) in [6, 6.07) is 20.0. The van der Waals surface area contributed by atoms with Crippen molar-refractivity contribution in [2.24, 2.45) is 5.14 Å². The van der Waals surface area contributed by atoms with Crippen molar-refractivity contribution < 1.29 is 27.5 Å². The summed E-state index contributed by atoms with van der Waals surface area (Å²) in [6.07, 6.45) is 1.65. The maximum absolute atomic E-state index is 12.2. The number of aryl methyl sites for hydroxylation is 1. The Hall–Kier alpha value is -3.35. The van der Waals surface area contributed by atoms with Crippen molar-refractivity contribution in [3.63, 3.8) is 0 Å². The van der Waals surface area contributed by atoms with Crippen LogP contribution in [0.15, 0.2) is 77.7 Å². The minimum atomic E-state index is -3.89. The minimum absolute atomic E-state index is 0.0115. The van der Waals surface area contributed by atoms with E-state index in [0.29, 0.717) is 29.0 Å². The molecule has 0 unspecified atom stereocenters. The van der Waals surface area contributed by atoms with E-state index in [0.717, 1.165) is 31.2 Å². The van der Waals surface area contributed by atoms with Crippen LogP contribution in [0.25, 0.3) is 11.1 Å². The van der Waals surface area contributed by atoms with E-state index in [1.54, 1.807) is 60.7 Å². The molecule has 0 bridgehead atoms. The minimum Gasteiger partial charge on any atom is -0.445 e. The molecular formula is C28H29Cl3N4O6S. The van der Waals surface area contributed by atoms with Gasteiger partial charge in [0.1, 0.15) is 18.2 Å². The van der Waals surface area contributed by atoms with Crippen molar-refractivity contribution in [1.29, 1.82) is 5.41 Å². The highest BCUT2D eigenvalue weighted by molar-refractivity contribution is 7.89. The third kappa shape index (κ3) is 11.1. The van der Waals surface area contributed by atoms with E-state index in [9.17, 15) is 18.0 Å². The molecule has 0 spiro atoms. The number of halogens is 3. The number of nitrogens with one attached hydrogen (secondary N) is 3. The lowest BCUT2D eigenvalue weighted by Gasteiger charge is -2.13. The van der Waals surface area contributed by atoms with Gasteiger partial charge in [-0.05, 0) is 54.7 Å². The maximum Gasteiger partial charge on any atom is 0.412 e. The van der Waals surface area contributed by atoms with Crippen LogP contribution in [0.1, 0.15) is 30.4 Å². The summed E-state index contributed by atoms with van der Waals surface area (Å²) in [4.78, 5) is 24.0. The molecular weight excluding hydrogens is 627 g/mol. The summed E-state index contributed by atoms with van der Waals surface area (Å²) in [5, 5.41) is 18.4. The van der Waals surface area contributed by atoms with Gasteiger partial charge in [0.2, 0.25) is 13.8 Å². The molecule has 10 nitrogen and oxygen atoms in total. The van der Waals surface area contributed by atoms with Crippen molar-refractivity contribution in [3.05, 3.63) is 83.9 Å². The lowest BCUT2D eigenvalue weighted by molar-refractivity contribution is 0.154. The van der Waals surface area contributed by atoms with Gasteiger partial charge in [-0.25, -0.2) is 23.1 Å². The fourth-order valence-electron chi connectivity index (χ4n) is 3.86. The second-order valence-electron chi connectivity index (χ2n) is 9.08. The Morgan fingerprint density at radius 1 is 0.905 bits per heavy atom. The van der Waals surface area contributed by atoms with Crippen LogP contribution >= 0.6 is 34.8 Å². The van der Waals surface area contributed by atoms with E-state index >= 15 is 0 Å². The first-order valence-electron chi connectivity index (χ1n) is 12.7. The van der Waals surface area contributed by atoms with Gasteiger partial charge < -0.3 is 14.8 Å². The molecule has 0 heterocycles. The molecule has 0 aromatic heterocycles. The Bertz CT molecular complexity index is 1510. The van der Waals surface area contributed by atoms with Gasteiger partial charge in [0.05, 0.1) is 4.90 Å². The number of carbonyl (C=O) groups excluding carboxylic acids is 2. The normalized spacial score (nSPS) is 11.4. The second-order valence-corrected chi connectivity index (χ2v) is 13.1. The lowest BCUT2D eigenvalue weighted by Crippen LogP contribution is -2.33. The van der Waals surface area contributed by atoms with Crippen LogP contribution in [0.4, 0.5) is 9.59 Å². The van der Waals surface area contributed by atoms with Gasteiger partial charge in [0, 0.05) is 17.7 Å². The summed E-state index contributed by atoms with van der Waals surface area (Å²) in [7, 11) is -3.89. The second kappa shape index (κ2) is 15.2. The average molecular weight is 656 g/mol. The molecule has 0 radical (unpaired) electrons. The van der Waals surface area contributed by atoms with Crippen LogP contribution in [0.5, 0.6) is 5.75 Å². The molecule has 0 aliphatic rings. The van der Waals surface area contributed by atoms with Gasteiger partial charge in [-0.2, -0.15) is 0 Å². The lowest BCUT2D eigenvalue weighted by atomic mass is 10.0. The first kappa shape index (κ1) is 33.2. The van der Waals surface area contributed by atoms with Gasteiger partial charge in [-0.1, -0.05) is 89.8 Å². The van der Waals surface area contributed by atoms with Gasteiger partial charge >= 0.3 is 12.2 Å². The highest BCUT2D eigenvalue weighted by Gasteiger charge is 2.22. The summed E-state index contributed by atoms with van der Waals surface area (Å²) < 4.78 is 32.0. The molecule has 0 saturated carbocycles. The van der Waals surface area contributed by atoms with E-state index < -0.39 is 32.6 Å². The van der Waals surface area contributed by atoms with Crippen molar-refractivity contribution in [1.82, 2.24) is 10.6 Å². The van der Waals surface area contributed by atoms with E-state index in [1.165, 1.54) is 6.07 Å². The summed E-state index contributed by atoms with van der Waals surface area (Å²) in [6.45, 7) is -0.0268. The number of hydrogen-bond donors (Lipinski definition) is 4. The number of primary sulfonamides is 1. The standard InChI is InChI=1S/C28H29Cl3N4O6S/c29-28(30,31)18-40-27(37)35-25(32)21-9-6-8-19(17-21)7-2-1-5-16-34-26(36)41-22-14-12-20(13-15-22)23-10-3-4-11-24(23)42(33,38)39/h3-4,6,8-15,17H,1-2,5,7,16,18H2,(H,34,36)(H2,32,35,37)(H2,33,38,39). The number of hydrogen-bond acceptors (Lipinski definition) is 7. The third-order valence-electron chi connectivity index (χ3n) is 5.79. The van der Waals surface area contributed by atoms with E-state index in [1.807, 2.05) is 6.07 Å². The molecule has 0 atom stereocenters. The largest absolute Gasteiger partial charge is 0.445 e. The average Bonchev–Trinajstić information content (AvgIpc) is 2.93. The number of rotatable bonds is 11. The monoisotopic (exact) mass is 654 g/mol. The molecule has 224 valence electrons. The number of carbonyl (C=O) groups is 2. The van der Waals surface area contributed by atoms with Crippen LogP contribution in [0.2, 0.25) is 0 Å². The zero-order chi connectivity index (χ0) is 30.8. The quantitative estimate of drug-likeness (QED) is 0.0868. The SMILES string of the molecule is N=C(NC(=O)OCC(Cl)(Cl)Cl)c1cccc(CCCCCNC(=O)Oc2ccc(-c3ccccc3S(N)(=O)=O)cc2)c1. The summed E-state index contributed by atoms with van der Waals surface area (Å²) in [5.41, 5.74) is 2.56. The predicted molar refractivity (Wildman–Crippen MR) is 163 cm³/mol.